The Morgan fingerprint density at radius 2 is 1.70 bits per heavy atom. The lowest BCUT2D eigenvalue weighted by molar-refractivity contribution is -0.187. The van der Waals surface area contributed by atoms with Crippen LogP contribution in [0.4, 0.5) is 5.69 Å². The summed E-state index contributed by atoms with van der Waals surface area (Å²) in [5.74, 6) is -1.74. The molecule has 2 aromatic carbocycles. The summed E-state index contributed by atoms with van der Waals surface area (Å²) in [5, 5.41) is 3.22. The molecular weight excluding hydrogens is 348 g/mol. The van der Waals surface area contributed by atoms with Crippen LogP contribution >= 0.6 is 0 Å². The first-order valence-corrected chi connectivity index (χ1v) is 8.44. The number of benzene rings is 2. The molecule has 0 spiro atoms. The third-order valence-electron chi connectivity index (χ3n) is 4.06. The van der Waals surface area contributed by atoms with Crippen LogP contribution in [0, 0.1) is 6.92 Å². The van der Waals surface area contributed by atoms with Crippen molar-refractivity contribution in [3.05, 3.63) is 65.2 Å². The molecule has 138 valence electrons. The molecule has 0 aromatic heterocycles. The number of rotatable bonds is 6. The number of carbonyl (C=O) groups is 4. The molecule has 2 aromatic rings. The molecule has 0 saturated carbocycles. The van der Waals surface area contributed by atoms with Gasteiger partial charge in [-0.2, -0.15) is 5.06 Å². The van der Waals surface area contributed by atoms with Crippen molar-refractivity contribution in [3.8, 4) is 0 Å². The Kier molecular flexibility index (Phi) is 5.42. The van der Waals surface area contributed by atoms with Gasteiger partial charge < -0.3 is 5.32 Å². The van der Waals surface area contributed by atoms with Crippen LogP contribution in [0.5, 0.6) is 0 Å². The lowest BCUT2D eigenvalue weighted by Crippen LogP contribution is -2.33. The summed E-state index contributed by atoms with van der Waals surface area (Å²) in [7, 11) is 0. The fraction of sp³-hybridized carbons (Fsp3) is 0.200. The van der Waals surface area contributed by atoms with Crippen molar-refractivity contribution in [2.45, 2.75) is 19.8 Å². The van der Waals surface area contributed by atoms with Crippen LogP contribution in [-0.2, 0) is 19.2 Å². The van der Waals surface area contributed by atoms with Gasteiger partial charge in [0, 0.05) is 24.0 Å². The lowest BCUT2D eigenvalue weighted by atomic mass is 10.00. The molecule has 1 N–H and O–H groups in total. The second kappa shape index (κ2) is 7.92. The summed E-state index contributed by atoms with van der Waals surface area (Å²) in [6, 6.07) is 13.8. The Hall–Kier alpha value is -3.32. The molecule has 0 aliphatic carbocycles. The highest BCUT2D eigenvalue weighted by atomic mass is 16.7. The quantitative estimate of drug-likeness (QED) is 0.625. The minimum Gasteiger partial charge on any atom is -0.323 e. The molecule has 1 aliphatic heterocycles. The average molecular weight is 366 g/mol. The van der Waals surface area contributed by atoms with Crippen LogP contribution in [0.15, 0.2) is 48.5 Å². The fourth-order valence-electron chi connectivity index (χ4n) is 2.71. The van der Waals surface area contributed by atoms with Gasteiger partial charge >= 0.3 is 0 Å². The SMILES string of the molecule is Cc1ccc(NC(=O)CON2C(=O)CCC2=O)c(C(=O)c2ccccc2)c1. The van der Waals surface area contributed by atoms with Gasteiger partial charge in [-0.15, -0.1) is 0 Å². The maximum atomic E-state index is 12.8. The Morgan fingerprint density at radius 1 is 1.04 bits per heavy atom. The molecular formula is C20H18N2O5. The van der Waals surface area contributed by atoms with Gasteiger partial charge in [-0.3, -0.25) is 24.0 Å². The monoisotopic (exact) mass is 366 g/mol. The van der Waals surface area contributed by atoms with E-state index < -0.39 is 24.3 Å². The molecule has 3 rings (SSSR count). The van der Waals surface area contributed by atoms with E-state index in [9.17, 15) is 19.2 Å². The Bertz CT molecular complexity index is 892. The number of nitrogens with one attached hydrogen (secondary N) is 1. The molecule has 0 bridgehead atoms. The van der Waals surface area contributed by atoms with Gasteiger partial charge in [0.15, 0.2) is 12.4 Å². The molecule has 27 heavy (non-hydrogen) atoms. The molecule has 1 heterocycles. The first-order chi connectivity index (χ1) is 13.0. The van der Waals surface area contributed by atoms with Crippen LogP contribution in [0.3, 0.4) is 0 Å². The Morgan fingerprint density at radius 3 is 2.37 bits per heavy atom. The van der Waals surface area contributed by atoms with Crippen molar-refractivity contribution in [3.63, 3.8) is 0 Å². The second-order valence-corrected chi connectivity index (χ2v) is 6.15. The molecule has 1 saturated heterocycles. The standard InChI is InChI=1S/C20H18N2O5/c1-13-7-8-16(15(11-13)20(26)14-5-3-2-4-6-14)21-17(23)12-27-22-18(24)9-10-19(22)25/h2-8,11H,9-10,12H2,1H3,(H,21,23). The molecule has 0 atom stereocenters. The van der Waals surface area contributed by atoms with Gasteiger partial charge in [0.25, 0.3) is 17.7 Å². The summed E-state index contributed by atoms with van der Waals surface area (Å²) in [5.41, 5.74) is 2.06. The van der Waals surface area contributed by atoms with Crippen molar-refractivity contribution < 1.29 is 24.0 Å². The summed E-state index contributed by atoms with van der Waals surface area (Å²) in [6.07, 6.45) is 0.155. The largest absolute Gasteiger partial charge is 0.323 e. The highest BCUT2D eigenvalue weighted by Crippen LogP contribution is 2.21. The third-order valence-corrected chi connectivity index (χ3v) is 4.06. The molecule has 7 heteroatoms. The summed E-state index contributed by atoms with van der Waals surface area (Å²) < 4.78 is 0. The normalized spacial score (nSPS) is 13.7. The number of hydrogen-bond acceptors (Lipinski definition) is 5. The number of ketones is 1. The molecule has 3 amide bonds. The topological polar surface area (TPSA) is 92.8 Å². The van der Waals surface area contributed by atoms with Gasteiger partial charge in [-0.25, -0.2) is 0 Å². The van der Waals surface area contributed by atoms with Gasteiger partial charge in [0.05, 0.1) is 5.69 Å². The van der Waals surface area contributed by atoms with E-state index >= 15 is 0 Å². The molecule has 0 unspecified atom stereocenters. The number of amides is 3. The number of hydroxylamine groups is 2. The van der Waals surface area contributed by atoms with Crippen molar-refractivity contribution in [2.24, 2.45) is 0 Å². The van der Waals surface area contributed by atoms with Crippen LogP contribution in [0.1, 0.15) is 34.3 Å². The van der Waals surface area contributed by atoms with E-state index in [2.05, 4.69) is 5.32 Å². The third kappa shape index (κ3) is 4.27. The van der Waals surface area contributed by atoms with E-state index in [1.165, 1.54) is 0 Å². The smallest absolute Gasteiger partial charge is 0.254 e. The average Bonchev–Trinajstić information content (AvgIpc) is 2.99. The zero-order valence-electron chi connectivity index (χ0n) is 14.7. The van der Waals surface area contributed by atoms with E-state index in [4.69, 9.17) is 4.84 Å². The zero-order valence-corrected chi connectivity index (χ0v) is 14.7. The zero-order chi connectivity index (χ0) is 19.4. The minimum atomic E-state index is -0.575. The van der Waals surface area contributed by atoms with Crippen LogP contribution in [0.2, 0.25) is 0 Å². The number of imide groups is 1. The number of nitrogens with zero attached hydrogens (tertiary/aromatic N) is 1. The van der Waals surface area contributed by atoms with Crippen molar-refractivity contribution >= 4 is 29.2 Å². The summed E-state index contributed by atoms with van der Waals surface area (Å²) >= 11 is 0. The van der Waals surface area contributed by atoms with E-state index in [1.807, 2.05) is 13.0 Å². The maximum Gasteiger partial charge on any atom is 0.254 e. The number of anilines is 1. The highest BCUT2D eigenvalue weighted by molar-refractivity contribution is 6.14. The van der Waals surface area contributed by atoms with E-state index in [0.29, 0.717) is 21.9 Å². The number of hydrogen-bond donors (Lipinski definition) is 1. The van der Waals surface area contributed by atoms with Crippen LogP contribution in [0.25, 0.3) is 0 Å². The second-order valence-electron chi connectivity index (χ2n) is 6.15. The van der Waals surface area contributed by atoms with Crippen molar-refractivity contribution in [1.82, 2.24) is 5.06 Å². The first-order valence-electron chi connectivity index (χ1n) is 8.44. The first kappa shape index (κ1) is 18.5. The lowest BCUT2D eigenvalue weighted by Gasteiger charge is -2.14. The van der Waals surface area contributed by atoms with Gasteiger partial charge in [0.2, 0.25) is 0 Å². The number of aryl methyl sites for hydroxylation is 1. The van der Waals surface area contributed by atoms with Crippen molar-refractivity contribution in [1.29, 1.82) is 0 Å². The predicted octanol–water partition coefficient (Wildman–Crippen LogP) is 2.25. The molecule has 0 radical (unpaired) electrons. The summed E-state index contributed by atoms with van der Waals surface area (Å²) in [4.78, 5) is 53.0. The molecule has 1 aliphatic rings. The predicted molar refractivity (Wildman–Crippen MR) is 96.7 cm³/mol. The highest BCUT2D eigenvalue weighted by Gasteiger charge is 2.30. The van der Waals surface area contributed by atoms with E-state index in [-0.39, 0.29) is 18.6 Å². The Labute approximate surface area is 155 Å². The van der Waals surface area contributed by atoms with Gasteiger partial charge in [-0.05, 0) is 19.1 Å². The van der Waals surface area contributed by atoms with Crippen molar-refractivity contribution in [2.75, 3.05) is 11.9 Å². The molecule has 7 nitrogen and oxygen atoms in total. The van der Waals surface area contributed by atoms with Gasteiger partial charge in [-0.1, -0.05) is 42.0 Å². The van der Waals surface area contributed by atoms with Crippen LogP contribution in [-0.4, -0.2) is 35.2 Å². The summed E-state index contributed by atoms with van der Waals surface area (Å²) in [6.45, 7) is 1.34. The maximum absolute atomic E-state index is 12.8. The van der Waals surface area contributed by atoms with Gasteiger partial charge in [0.1, 0.15) is 0 Å². The fourth-order valence-corrected chi connectivity index (χ4v) is 2.71. The molecule has 1 fully saturated rings. The number of carbonyl (C=O) groups excluding carboxylic acids is 4. The van der Waals surface area contributed by atoms with Crippen LogP contribution < -0.4 is 5.32 Å². The van der Waals surface area contributed by atoms with E-state index in [0.717, 1.165) is 5.56 Å². The minimum absolute atomic E-state index is 0.0775. The Balaban J connectivity index is 1.73. The van der Waals surface area contributed by atoms with E-state index in [1.54, 1.807) is 42.5 Å².